The number of hydrogen-bond acceptors (Lipinski definition) is 5. The van der Waals surface area contributed by atoms with E-state index in [2.05, 4.69) is 21.0 Å². The molecule has 0 aromatic carbocycles. The highest BCUT2D eigenvalue weighted by Crippen LogP contribution is 2.27. The summed E-state index contributed by atoms with van der Waals surface area (Å²) in [5.74, 6) is -0.952. The quantitative estimate of drug-likeness (QED) is 0.246. The maximum Gasteiger partial charge on any atom is 0.220 e. The number of rotatable bonds is 13. The summed E-state index contributed by atoms with van der Waals surface area (Å²) in [6.07, 6.45) is 1.36. The fourth-order valence-electron chi connectivity index (χ4n) is 2.96. The Kier molecular flexibility index (Phi) is 12.1. The van der Waals surface area contributed by atoms with E-state index in [1.807, 2.05) is 0 Å². The zero-order valence-corrected chi connectivity index (χ0v) is 19.2. The second-order valence-electron chi connectivity index (χ2n) is 8.52. The number of ketones is 1. The minimum atomic E-state index is -0.909. The molecule has 0 spiro atoms. The average molecular weight is 420 g/mol. The van der Waals surface area contributed by atoms with Crippen LogP contribution in [0.5, 0.6) is 0 Å². The van der Waals surface area contributed by atoms with E-state index in [0.717, 1.165) is 0 Å². The largest absolute Gasteiger partial charge is 0.406 e. The summed E-state index contributed by atoms with van der Waals surface area (Å²) in [5, 5.41) is 10.6. The van der Waals surface area contributed by atoms with E-state index in [1.165, 1.54) is 23.9 Å². The van der Waals surface area contributed by atoms with Crippen LogP contribution in [-0.2, 0) is 24.0 Å². The number of carbonyl (C=O) groups excluding carboxylic acids is 5. The van der Waals surface area contributed by atoms with E-state index in [-0.39, 0.29) is 80.8 Å². The van der Waals surface area contributed by atoms with Crippen LogP contribution in [0.3, 0.4) is 0 Å². The molecule has 0 fully saturated rings. The molecule has 0 unspecified atom stereocenters. The van der Waals surface area contributed by atoms with Crippen LogP contribution in [0.15, 0.2) is 0 Å². The van der Waals surface area contributed by atoms with E-state index in [9.17, 15) is 24.0 Å². The van der Waals surface area contributed by atoms with Gasteiger partial charge < -0.3 is 21.0 Å². The smallest absolute Gasteiger partial charge is 0.220 e. The molecule has 0 aromatic rings. The lowest BCUT2D eigenvalue weighted by Gasteiger charge is -2.35. The molecule has 0 saturated heterocycles. The fraction of sp³-hybridized carbons (Fsp3) is 0.722. The second-order valence-corrected chi connectivity index (χ2v) is 8.52. The number of Topliss-reactive ketones (excluding diaryl/α,β-unsaturated/α-hetero) is 1. The van der Waals surface area contributed by atoms with Crippen molar-refractivity contribution in [1.82, 2.24) is 21.0 Å². The van der Waals surface area contributed by atoms with Gasteiger partial charge >= 0.3 is 0 Å². The Morgan fingerprint density at radius 3 is 1.27 bits per heavy atom. The van der Waals surface area contributed by atoms with Gasteiger partial charge in [0.1, 0.15) is 5.78 Å². The maximum absolute atomic E-state index is 12.7. The van der Waals surface area contributed by atoms with Crippen molar-refractivity contribution in [3.8, 4) is 0 Å². The predicted molar refractivity (Wildman–Crippen MR) is 122 cm³/mol. The molecule has 166 valence electrons. The average Bonchev–Trinajstić information content (AvgIpc) is 2.71. The zero-order chi connectivity index (χ0) is 23.4. The van der Waals surface area contributed by atoms with Crippen LogP contribution >= 0.6 is 0 Å². The van der Waals surface area contributed by atoms with E-state index in [0.29, 0.717) is 0 Å². The Morgan fingerprint density at radius 1 is 0.600 bits per heavy atom. The van der Waals surface area contributed by atoms with Crippen molar-refractivity contribution in [2.75, 3.05) is 0 Å². The molecule has 0 radical (unpaired) electrons. The third-order valence-corrected chi connectivity index (χ3v) is 5.15. The monoisotopic (exact) mass is 420 g/mol. The van der Waals surface area contributed by atoms with Gasteiger partial charge in [-0.05, 0) is 19.3 Å². The first kappa shape index (κ1) is 27.7. The topological polar surface area (TPSA) is 133 Å². The van der Waals surface area contributed by atoms with E-state index < -0.39 is 11.0 Å². The van der Waals surface area contributed by atoms with E-state index in [1.54, 1.807) is 20.8 Å². The summed E-state index contributed by atoms with van der Waals surface area (Å²) < 4.78 is 0. The van der Waals surface area contributed by atoms with Crippen LogP contribution < -0.4 is 21.0 Å². The molecule has 0 rings (SSSR count). The van der Waals surface area contributed by atoms with Crippen molar-refractivity contribution >= 4 is 53.4 Å². The zero-order valence-electron chi connectivity index (χ0n) is 19.2. The number of carbonyl (C=O) groups is 5. The molecule has 9 nitrogen and oxygen atoms in total. The standard InChI is InChI=1S/C18H35B3N4O5/c1-17(2,3)12(26)4-5-13(27)22-18(9-6-14(28)23-19,10-7-15(29)24-20)11-8-16(30)25-21/h4-11,19-21H2,1-3H3,(H,22,27)(H,23,28)(H,24,29)(H,25,30). The first-order valence-electron chi connectivity index (χ1n) is 10.3. The molecule has 12 heteroatoms. The van der Waals surface area contributed by atoms with Crippen molar-refractivity contribution in [3.05, 3.63) is 0 Å². The summed E-state index contributed by atoms with van der Waals surface area (Å²) in [5.41, 5.74) is -1.44. The lowest BCUT2D eigenvalue weighted by Crippen LogP contribution is -2.50. The van der Waals surface area contributed by atoms with Gasteiger partial charge in [-0.15, -0.1) is 0 Å². The Morgan fingerprint density at radius 2 is 0.967 bits per heavy atom. The van der Waals surface area contributed by atoms with Gasteiger partial charge in [-0.1, -0.05) is 20.8 Å². The fourth-order valence-corrected chi connectivity index (χ4v) is 2.96. The Hall–Kier alpha value is -2.26. The molecule has 0 aromatic heterocycles. The van der Waals surface area contributed by atoms with Gasteiger partial charge in [-0.25, -0.2) is 0 Å². The molecule has 0 saturated carbocycles. The van der Waals surface area contributed by atoms with Crippen molar-refractivity contribution in [2.45, 2.75) is 77.7 Å². The van der Waals surface area contributed by atoms with Gasteiger partial charge in [0.2, 0.25) is 47.6 Å². The van der Waals surface area contributed by atoms with Gasteiger partial charge in [0.05, 0.1) is 0 Å². The summed E-state index contributed by atoms with van der Waals surface area (Å²) in [7, 11) is 4.57. The van der Waals surface area contributed by atoms with Crippen LogP contribution in [0.1, 0.15) is 72.1 Å². The van der Waals surface area contributed by atoms with E-state index >= 15 is 0 Å². The molecule has 4 amide bonds. The van der Waals surface area contributed by atoms with Crippen LogP contribution in [0.4, 0.5) is 0 Å². The molecule has 0 aliphatic rings. The van der Waals surface area contributed by atoms with Gasteiger partial charge in [-0.2, -0.15) is 0 Å². The van der Waals surface area contributed by atoms with Gasteiger partial charge in [0.25, 0.3) is 0 Å². The molecule has 0 aliphatic heterocycles. The minimum absolute atomic E-state index is 0.0117. The van der Waals surface area contributed by atoms with Crippen molar-refractivity contribution in [3.63, 3.8) is 0 Å². The van der Waals surface area contributed by atoms with E-state index in [4.69, 9.17) is 0 Å². The Balaban J connectivity index is 5.47. The molecular formula is C18H35B3N4O5. The summed E-state index contributed by atoms with van der Waals surface area (Å²) in [6, 6.07) is 0. The molecule has 4 N–H and O–H groups in total. The first-order chi connectivity index (χ1) is 13.9. The van der Waals surface area contributed by atoms with Crippen LogP contribution in [-0.4, -0.2) is 58.9 Å². The highest BCUT2D eigenvalue weighted by Gasteiger charge is 2.33. The van der Waals surface area contributed by atoms with Gasteiger partial charge in [0, 0.05) is 43.1 Å². The minimum Gasteiger partial charge on any atom is -0.406 e. The molecular weight excluding hydrogens is 385 g/mol. The summed E-state index contributed by atoms with van der Waals surface area (Å²) in [6.45, 7) is 5.40. The lowest BCUT2D eigenvalue weighted by atomic mass is 9.82. The van der Waals surface area contributed by atoms with Crippen molar-refractivity contribution in [1.29, 1.82) is 0 Å². The third kappa shape index (κ3) is 11.1. The molecule has 0 heterocycles. The Labute approximate surface area is 181 Å². The van der Waals surface area contributed by atoms with Crippen molar-refractivity contribution in [2.24, 2.45) is 5.41 Å². The molecule has 30 heavy (non-hydrogen) atoms. The van der Waals surface area contributed by atoms with Crippen LogP contribution in [0.2, 0.25) is 0 Å². The number of hydrogen-bond donors (Lipinski definition) is 4. The van der Waals surface area contributed by atoms with Crippen molar-refractivity contribution < 1.29 is 24.0 Å². The number of amides is 4. The summed E-state index contributed by atoms with van der Waals surface area (Å²) >= 11 is 0. The third-order valence-electron chi connectivity index (χ3n) is 5.15. The highest BCUT2D eigenvalue weighted by molar-refractivity contribution is 6.15. The maximum atomic E-state index is 12.7. The summed E-state index contributed by atoms with van der Waals surface area (Å²) in [4.78, 5) is 60.3. The SMILES string of the molecule is BNC(=O)CCC(CCC(=O)NB)(CCC(=O)NB)NC(=O)CCC(=O)C(C)(C)C. The van der Waals surface area contributed by atoms with Crippen LogP contribution in [0.25, 0.3) is 0 Å². The second kappa shape index (κ2) is 13.1. The molecule has 0 aliphatic carbocycles. The first-order valence-corrected chi connectivity index (χ1v) is 10.3. The Bertz CT molecular complexity index is 587. The van der Waals surface area contributed by atoms with Gasteiger partial charge in [0.15, 0.2) is 0 Å². The normalized spacial score (nSPS) is 11.3. The van der Waals surface area contributed by atoms with Crippen LogP contribution in [0, 0.1) is 5.41 Å². The lowest BCUT2D eigenvalue weighted by molar-refractivity contribution is -0.130. The highest BCUT2D eigenvalue weighted by atomic mass is 16.2. The van der Waals surface area contributed by atoms with Gasteiger partial charge in [-0.3, -0.25) is 24.0 Å². The molecule has 0 atom stereocenters. The number of nitrogens with one attached hydrogen (secondary N) is 4. The predicted octanol–water partition coefficient (Wildman–Crippen LogP) is -2.43. The molecule has 0 bridgehead atoms.